The van der Waals surface area contributed by atoms with E-state index < -0.39 is 10.0 Å². The van der Waals surface area contributed by atoms with Gasteiger partial charge in [0.05, 0.1) is 10.6 Å². The monoisotopic (exact) mass is 387 g/mol. The lowest BCUT2D eigenvalue weighted by Gasteiger charge is -2.29. The Kier molecular flexibility index (Phi) is 5.82. The topological polar surface area (TPSA) is 69.7 Å². The molecule has 0 unspecified atom stereocenters. The molecule has 1 aliphatic rings. The van der Waals surface area contributed by atoms with Crippen molar-refractivity contribution in [3.05, 3.63) is 60.2 Å². The summed E-state index contributed by atoms with van der Waals surface area (Å²) < 4.78 is 26.8. The molecular formula is C20H25N3O3S. The van der Waals surface area contributed by atoms with E-state index in [1.54, 1.807) is 36.4 Å². The highest BCUT2D eigenvalue weighted by atomic mass is 32.2. The van der Waals surface area contributed by atoms with Gasteiger partial charge in [-0.25, -0.2) is 8.42 Å². The molecule has 1 amide bonds. The number of hydrogen-bond donors (Lipinski definition) is 1. The summed E-state index contributed by atoms with van der Waals surface area (Å²) in [6.45, 7) is 1.93. The molecule has 1 heterocycles. The Hall–Kier alpha value is -2.38. The van der Waals surface area contributed by atoms with Gasteiger partial charge in [-0.15, -0.1) is 0 Å². The van der Waals surface area contributed by atoms with Crippen LogP contribution < -0.4 is 9.62 Å². The molecule has 0 spiro atoms. The van der Waals surface area contributed by atoms with Gasteiger partial charge in [0.25, 0.3) is 15.9 Å². The number of carbonyl (C=O) groups is 1. The van der Waals surface area contributed by atoms with Crippen LogP contribution in [0, 0.1) is 0 Å². The predicted octanol–water partition coefficient (Wildman–Crippen LogP) is 2.34. The molecule has 2 aromatic rings. The van der Waals surface area contributed by atoms with E-state index in [1.807, 2.05) is 6.07 Å². The van der Waals surface area contributed by atoms with E-state index >= 15 is 0 Å². The smallest absolute Gasteiger partial charge is 0.264 e. The fourth-order valence-corrected chi connectivity index (χ4v) is 4.33. The zero-order valence-corrected chi connectivity index (χ0v) is 16.4. The third-order valence-electron chi connectivity index (χ3n) is 4.95. The van der Waals surface area contributed by atoms with E-state index in [-0.39, 0.29) is 16.8 Å². The average Bonchev–Trinajstić information content (AvgIpc) is 2.70. The SMILES string of the molecule is CN1CCC(NC(=O)c2ccc(S(=O)(=O)N(C)c3ccccc3)cc2)CC1. The standard InChI is InChI=1S/C20H25N3O3S/c1-22-14-12-17(13-15-22)21-20(24)16-8-10-19(11-9-16)27(25,26)23(2)18-6-4-3-5-7-18/h3-11,17H,12-15H2,1-2H3,(H,21,24). The molecule has 7 heteroatoms. The van der Waals surface area contributed by atoms with Crippen LogP contribution in [-0.4, -0.2) is 52.5 Å². The van der Waals surface area contributed by atoms with Crippen molar-refractivity contribution in [2.45, 2.75) is 23.8 Å². The fourth-order valence-electron chi connectivity index (χ4n) is 3.13. The number of nitrogens with zero attached hydrogens (tertiary/aromatic N) is 2. The van der Waals surface area contributed by atoms with Crippen LogP contribution in [0.5, 0.6) is 0 Å². The van der Waals surface area contributed by atoms with Crippen molar-refractivity contribution in [1.82, 2.24) is 10.2 Å². The number of anilines is 1. The molecule has 1 fully saturated rings. The van der Waals surface area contributed by atoms with Crippen LogP contribution in [0.1, 0.15) is 23.2 Å². The van der Waals surface area contributed by atoms with E-state index in [4.69, 9.17) is 0 Å². The van der Waals surface area contributed by atoms with E-state index in [2.05, 4.69) is 17.3 Å². The average molecular weight is 388 g/mol. The lowest BCUT2D eigenvalue weighted by Crippen LogP contribution is -2.43. The molecule has 1 N–H and O–H groups in total. The van der Waals surface area contributed by atoms with Crippen LogP contribution in [0.4, 0.5) is 5.69 Å². The van der Waals surface area contributed by atoms with E-state index in [1.165, 1.54) is 23.5 Å². The summed E-state index contributed by atoms with van der Waals surface area (Å²) in [5.41, 5.74) is 1.05. The second-order valence-corrected chi connectivity index (χ2v) is 8.85. The maximum Gasteiger partial charge on any atom is 0.264 e. The van der Waals surface area contributed by atoms with Crippen molar-refractivity contribution in [1.29, 1.82) is 0 Å². The van der Waals surface area contributed by atoms with E-state index in [0.29, 0.717) is 11.3 Å². The molecule has 144 valence electrons. The van der Waals surface area contributed by atoms with Crippen molar-refractivity contribution in [2.24, 2.45) is 0 Å². The minimum atomic E-state index is -3.67. The van der Waals surface area contributed by atoms with E-state index in [9.17, 15) is 13.2 Å². The number of carbonyl (C=O) groups excluding carboxylic acids is 1. The van der Waals surface area contributed by atoms with Gasteiger partial charge in [0.2, 0.25) is 0 Å². The van der Waals surface area contributed by atoms with Crippen LogP contribution >= 0.6 is 0 Å². The molecule has 3 rings (SSSR count). The van der Waals surface area contributed by atoms with Crippen LogP contribution in [0.15, 0.2) is 59.5 Å². The highest BCUT2D eigenvalue weighted by Gasteiger charge is 2.22. The summed E-state index contributed by atoms with van der Waals surface area (Å²) in [5, 5.41) is 3.04. The molecule has 0 radical (unpaired) electrons. The maximum atomic E-state index is 12.8. The first-order valence-corrected chi connectivity index (χ1v) is 10.5. The van der Waals surface area contributed by atoms with Gasteiger partial charge in [-0.3, -0.25) is 9.10 Å². The number of hydrogen-bond acceptors (Lipinski definition) is 4. The van der Waals surface area contributed by atoms with Gasteiger partial charge < -0.3 is 10.2 Å². The molecule has 1 saturated heterocycles. The maximum absolute atomic E-state index is 12.8. The number of nitrogens with one attached hydrogen (secondary N) is 1. The molecular weight excluding hydrogens is 362 g/mol. The van der Waals surface area contributed by atoms with E-state index in [0.717, 1.165) is 25.9 Å². The number of para-hydroxylation sites is 1. The number of rotatable bonds is 5. The Morgan fingerprint density at radius 2 is 1.63 bits per heavy atom. The van der Waals surface area contributed by atoms with Crippen LogP contribution in [-0.2, 0) is 10.0 Å². The van der Waals surface area contributed by atoms with Gasteiger partial charge in [0, 0.05) is 18.7 Å². The Morgan fingerprint density at radius 1 is 1.04 bits per heavy atom. The zero-order valence-electron chi connectivity index (χ0n) is 15.6. The zero-order chi connectivity index (χ0) is 19.4. The number of piperidine rings is 1. The van der Waals surface area contributed by atoms with Gasteiger partial charge in [-0.2, -0.15) is 0 Å². The Labute approximate surface area is 160 Å². The van der Waals surface area contributed by atoms with Gasteiger partial charge in [-0.1, -0.05) is 18.2 Å². The Balaban J connectivity index is 1.70. The van der Waals surface area contributed by atoms with Gasteiger partial charge in [-0.05, 0) is 69.4 Å². The molecule has 1 aliphatic heterocycles. The minimum absolute atomic E-state index is 0.157. The summed E-state index contributed by atoms with van der Waals surface area (Å²) in [4.78, 5) is 14.8. The second kappa shape index (κ2) is 8.10. The van der Waals surface area contributed by atoms with Gasteiger partial charge in [0.1, 0.15) is 0 Å². The lowest BCUT2D eigenvalue weighted by molar-refractivity contribution is 0.0917. The normalized spacial score (nSPS) is 16.1. The molecule has 0 atom stereocenters. The van der Waals surface area contributed by atoms with Crippen molar-refractivity contribution >= 4 is 21.6 Å². The Bertz CT molecular complexity index is 874. The molecule has 0 aromatic heterocycles. The molecule has 6 nitrogen and oxygen atoms in total. The Morgan fingerprint density at radius 3 is 2.22 bits per heavy atom. The lowest BCUT2D eigenvalue weighted by atomic mass is 10.0. The summed E-state index contributed by atoms with van der Waals surface area (Å²) in [5.74, 6) is -0.162. The van der Waals surface area contributed by atoms with Crippen LogP contribution in [0.2, 0.25) is 0 Å². The number of sulfonamides is 1. The number of amides is 1. The molecule has 0 saturated carbocycles. The summed E-state index contributed by atoms with van der Waals surface area (Å²) in [6, 6.07) is 15.2. The van der Waals surface area contributed by atoms with Crippen LogP contribution in [0.3, 0.4) is 0 Å². The predicted molar refractivity (Wildman–Crippen MR) is 106 cm³/mol. The van der Waals surface area contributed by atoms with Crippen molar-refractivity contribution in [2.75, 3.05) is 31.5 Å². The number of likely N-dealkylation sites (tertiary alicyclic amines) is 1. The van der Waals surface area contributed by atoms with Crippen LogP contribution in [0.25, 0.3) is 0 Å². The van der Waals surface area contributed by atoms with Gasteiger partial charge in [0.15, 0.2) is 0 Å². The van der Waals surface area contributed by atoms with Crippen molar-refractivity contribution < 1.29 is 13.2 Å². The summed E-state index contributed by atoms with van der Waals surface area (Å²) in [6.07, 6.45) is 1.85. The minimum Gasteiger partial charge on any atom is -0.349 e. The third-order valence-corrected chi connectivity index (χ3v) is 6.75. The third kappa shape index (κ3) is 4.48. The molecule has 0 bridgehead atoms. The highest BCUT2D eigenvalue weighted by molar-refractivity contribution is 7.92. The highest BCUT2D eigenvalue weighted by Crippen LogP contribution is 2.22. The first-order chi connectivity index (χ1) is 12.9. The largest absolute Gasteiger partial charge is 0.349 e. The first kappa shape index (κ1) is 19.4. The summed E-state index contributed by atoms with van der Waals surface area (Å²) in [7, 11) is -0.0794. The number of benzene rings is 2. The molecule has 0 aliphatic carbocycles. The first-order valence-electron chi connectivity index (χ1n) is 9.01. The molecule has 2 aromatic carbocycles. The summed E-state index contributed by atoms with van der Waals surface area (Å²) >= 11 is 0. The second-order valence-electron chi connectivity index (χ2n) is 6.88. The van der Waals surface area contributed by atoms with Crippen molar-refractivity contribution in [3.8, 4) is 0 Å². The quantitative estimate of drug-likeness (QED) is 0.855. The van der Waals surface area contributed by atoms with Gasteiger partial charge >= 0.3 is 0 Å². The van der Waals surface area contributed by atoms with Crippen molar-refractivity contribution in [3.63, 3.8) is 0 Å². The molecule has 27 heavy (non-hydrogen) atoms. The fraction of sp³-hybridized carbons (Fsp3) is 0.350.